The van der Waals surface area contributed by atoms with Crippen LogP contribution in [-0.4, -0.2) is 28.4 Å². The molecule has 26 heavy (non-hydrogen) atoms. The summed E-state index contributed by atoms with van der Waals surface area (Å²) in [7, 11) is 0. The van der Waals surface area contributed by atoms with Gasteiger partial charge in [0, 0.05) is 10.6 Å². The molecule has 8 heteroatoms. The number of halogens is 1. The van der Waals surface area contributed by atoms with Crippen molar-refractivity contribution in [2.45, 2.75) is 6.92 Å². The maximum absolute atomic E-state index is 12.4. The van der Waals surface area contributed by atoms with Crippen molar-refractivity contribution < 1.29 is 9.63 Å². The summed E-state index contributed by atoms with van der Waals surface area (Å²) in [5.41, 5.74) is 3.18. The van der Waals surface area contributed by atoms with E-state index in [0.717, 1.165) is 4.73 Å². The van der Waals surface area contributed by atoms with Crippen LogP contribution in [0, 0.1) is 6.92 Å². The molecule has 1 N–H and O–H groups in total. The molecule has 0 aliphatic rings. The van der Waals surface area contributed by atoms with Crippen LogP contribution in [0.5, 0.6) is 0 Å². The van der Waals surface area contributed by atoms with Crippen LogP contribution in [0.3, 0.4) is 0 Å². The van der Waals surface area contributed by atoms with E-state index in [9.17, 15) is 9.59 Å². The molecular formula is C18H15ClN4O3. The zero-order valence-corrected chi connectivity index (χ0v) is 14.6. The van der Waals surface area contributed by atoms with Gasteiger partial charge in [-0.15, -0.1) is 4.73 Å². The normalized spacial score (nSPS) is 11.0. The molecule has 0 bridgehead atoms. The number of fused-ring (bicyclic) bond motifs is 1. The Morgan fingerprint density at radius 3 is 2.81 bits per heavy atom. The monoisotopic (exact) mass is 370 g/mol. The third-order valence-electron chi connectivity index (χ3n) is 3.52. The fourth-order valence-electron chi connectivity index (χ4n) is 2.29. The summed E-state index contributed by atoms with van der Waals surface area (Å²) in [6, 6.07) is 14.0. The molecule has 0 atom stereocenters. The molecule has 0 saturated heterocycles. The first-order valence-corrected chi connectivity index (χ1v) is 8.12. The van der Waals surface area contributed by atoms with E-state index in [-0.39, 0.29) is 12.2 Å². The number of nitrogens with zero attached hydrogens (tertiary/aromatic N) is 3. The first kappa shape index (κ1) is 17.6. The predicted octanol–water partition coefficient (Wildman–Crippen LogP) is 1.94. The molecule has 0 spiro atoms. The van der Waals surface area contributed by atoms with Crippen molar-refractivity contribution in [2.75, 3.05) is 6.61 Å². The molecular weight excluding hydrogens is 356 g/mol. The number of carbonyl (C=O) groups excluding carboxylic acids is 1. The lowest BCUT2D eigenvalue weighted by Crippen LogP contribution is -2.35. The molecule has 132 valence electrons. The van der Waals surface area contributed by atoms with Crippen molar-refractivity contribution in [1.82, 2.24) is 15.1 Å². The molecule has 0 saturated carbocycles. The molecule has 0 aliphatic carbocycles. The van der Waals surface area contributed by atoms with Gasteiger partial charge in [0.05, 0.1) is 17.1 Å². The first-order valence-electron chi connectivity index (χ1n) is 7.74. The number of benzene rings is 2. The standard InChI is InChI=1S/C18H15ClN4O3/c1-12-21-16-9-5-3-7-14(16)18(25)23(12)26-11-17(24)22-20-10-13-6-2-4-8-15(13)19/h2-10H,11H2,1H3,(H,22,24)/b20-10+. The number of hydrogen-bond acceptors (Lipinski definition) is 5. The van der Waals surface area contributed by atoms with E-state index in [0.29, 0.717) is 27.3 Å². The van der Waals surface area contributed by atoms with E-state index in [2.05, 4.69) is 15.5 Å². The maximum atomic E-state index is 12.4. The fourth-order valence-corrected chi connectivity index (χ4v) is 2.47. The van der Waals surface area contributed by atoms with E-state index in [1.807, 2.05) is 0 Å². The molecule has 0 unspecified atom stereocenters. The van der Waals surface area contributed by atoms with Crippen LogP contribution in [0.1, 0.15) is 11.4 Å². The number of hydrogen-bond donors (Lipinski definition) is 1. The molecule has 7 nitrogen and oxygen atoms in total. The van der Waals surface area contributed by atoms with Crippen LogP contribution in [0.4, 0.5) is 0 Å². The lowest BCUT2D eigenvalue weighted by Gasteiger charge is -2.11. The van der Waals surface area contributed by atoms with Gasteiger partial charge in [0.1, 0.15) is 5.82 Å². The maximum Gasteiger partial charge on any atom is 0.294 e. The number of para-hydroxylation sites is 1. The molecule has 0 aliphatic heterocycles. The highest BCUT2D eigenvalue weighted by Crippen LogP contribution is 2.12. The summed E-state index contributed by atoms with van der Waals surface area (Å²) < 4.78 is 1.000. The summed E-state index contributed by atoms with van der Waals surface area (Å²) in [6.45, 7) is 1.24. The Bertz CT molecular complexity index is 1050. The van der Waals surface area contributed by atoms with Crippen molar-refractivity contribution in [3.05, 3.63) is 75.3 Å². The highest BCUT2D eigenvalue weighted by Gasteiger charge is 2.10. The highest BCUT2D eigenvalue weighted by molar-refractivity contribution is 6.33. The van der Waals surface area contributed by atoms with Crippen molar-refractivity contribution in [1.29, 1.82) is 0 Å². The van der Waals surface area contributed by atoms with Gasteiger partial charge in [0.2, 0.25) is 0 Å². The largest absolute Gasteiger partial charge is 0.399 e. The smallest absolute Gasteiger partial charge is 0.294 e. The Labute approximate surface area is 153 Å². The van der Waals surface area contributed by atoms with E-state index >= 15 is 0 Å². The third kappa shape index (κ3) is 3.89. The zero-order valence-electron chi connectivity index (χ0n) is 13.8. The third-order valence-corrected chi connectivity index (χ3v) is 3.86. The molecule has 3 aromatic rings. The Hall–Kier alpha value is -3.19. The zero-order chi connectivity index (χ0) is 18.5. The van der Waals surface area contributed by atoms with E-state index in [1.54, 1.807) is 55.5 Å². The summed E-state index contributed by atoms with van der Waals surface area (Å²) in [5.74, 6) is -0.172. The lowest BCUT2D eigenvalue weighted by molar-refractivity contribution is -0.126. The van der Waals surface area contributed by atoms with Crippen molar-refractivity contribution in [3.63, 3.8) is 0 Å². The van der Waals surface area contributed by atoms with Gasteiger partial charge in [-0.3, -0.25) is 9.59 Å². The minimum absolute atomic E-state index is 0.348. The van der Waals surface area contributed by atoms with Gasteiger partial charge in [0.25, 0.3) is 11.5 Å². The number of rotatable bonds is 5. The van der Waals surface area contributed by atoms with Crippen LogP contribution in [0.15, 0.2) is 58.4 Å². The van der Waals surface area contributed by atoms with Crippen molar-refractivity contribution in [3.8, 4) is 0 Å². The number of amides is 1. The van der Waals surface area contributed by atoms with Crippen LogP contribution >= 0.6 is 11.6 Å². The highest BCUT2D eigenvalue weighted by atomic mass is 35.5. The van der Waals surface area contributed by atoms with Crippen LogP contribution in [0.2, 0.25) is 5.02 Å². The molecule has 0 radical (unpaired) electrons. The van der Waals surface area contributed by atoms with Crippen LogP contribution in [0.25, 0.3) is 10.9 Å². The molecule has 1 amide bonds. The Morgan fingerprint density at radius 1 is 1.27 bits per heavy atom. The number of aromatic nitrogens is 2. The van der Waals surface area contributed by atoms with Gasteiger partial charge in [-0.05, 0) is 25.1 Å². The summed E-state index contributed by atoms with van der Waals surface area (Å²) >= 11 is 5.99. The predicted molar refractivity (Wildman–Crippen MR) is 99.4 cm³/mol. The quantitative estimate of drug-likeness (QED) is 0.549. The van der Waals surface area contributed by atoms with Crippen molar-refractivity contribution in [2.24, 2.45) is 5.10 Å². The Morgan fingerprint density at radius 2 is 2.00 bits per heavy atom. The van der Waals surface area contributed by atoms with Gasteiger partial charge in [-0.2, -0.15) is 5.10 Å². The summed E-state index contributed by atoms with van der Waals surface area (Å²) in [6.07, 6.45) is 1.43. The SMILES string of the molecule is Cc1nc2ccccc2c(=O)n1OCC(=O)N/N=C/c1ccccc1Cl. The Kier molecular flexibility index (Phi) is 5.28. The average Bonchev–Trinajstić information content (AvgIpc) is 2.63. The van der Waals surface area contributed by atoms with Crippen molar-refractivity contribution >= 4 is 34.6 Å². The second-order valence-electron chi connectivity index (χ2n) is 5.36. The Balaban J connectivity index is 1.66. The number of hydrazone groups is 1. The molecule has 2 aromatic carbocycles. The summed E-state index contributed by atoms with van der Waals surface area (Å²) in [4.78, 5) is 33.9. The number of nitrogens with one attached hydrogen (secondary N) is 1. The van der Waals surface area contributed by atoms with Gasteiger partial charge >= 0.3 is 0 Å². The number of carbonyl (C=O) groups is 1. The van der Waals surface area contributed by atoms with Crippen LogP contribution < -0.4 is 15.8 Å². The van der Waals surface area contributed by atoms with Gasteiger partial charge in [-0.25, -0.2) is 10.4 Å². The van der Waals surface area contributed by atoms with E-state index in [4.69, 9.17) is 16.4 Å². The minimum atomic E-state index is -0.521. The van der Waals surface area contributed by atoms with E-state index < -0.39 is 5.91 Å². The first-order chi connectivity index (χ1) is 12.6. The molecule has 3 rings (SSSR count). The van der Waals surface area contributed by atoms with Gasteiger partial charge < -0.3 is 4.84 Å². The minimum Gasteiger partial charge on any atom is -0.399 e. The van der Waals surface area contributed by atoms with Gasteiger partial charge in [0.15, 0.2) is 6.61 Å². The molecule has 1 heterocycles. The second kappa shape index (κ2) is 7.79. The van der Waals surface area contributed by atoms with E-state index in [1.165, 1.54) is 6.21 Å². The lowest BCUT2D eigenvalue weighted by atomic mass is 10.2. The molecule has 1 aromatic heterocycles. The number of aryl methyl sites for hydroxylation is 1. The molecule has 0 fully saturated rings. The van der Waals surface area contributed by atoms with Gasteiger partial charge in [-0.1, -0.05) is 41.9 Å². The second-order valence-corrected chi connectivity index (χ2v) is 5.77. The van der Waals surface area contributed by atoms with Crippen LogP contribution in [-0.2, 0) is 4.79 Å². The average molecular weight is 371 g/mol. The summed E-state index contributed by atoms with van der Waals surface area (Å²) in [5, 5.41) is 4.75. The topological polar surface area (TPSA) is 85.6 Å². The fraction of sp³-hybridized carbons (Fsp3) is 0.111.